The van der Waals surface area contributed by atoms with E-state index >= 15 is 0 Å². The van der Waals surface area contributed by atoms with Crippen LogP contribution in [-0.2, 0) is 12.7 Å². The number of nitrogens with one attached hydrogen (secondary N) is 1. The molecule has 0 aliphatic carbocycles. The Hall–Kier alpha value is -3.47. The summed E-state index contributed by atoms with van der Waals surface area (Å²) >= 11 is 6.10. The number of anilines is 1. The van der Waals surface area contributed by atoms with Crippen LogP contribution < -0.4 is 5.32 Å². The van der Waals surface area contributed by atoms with Crippen molar-refractivity contribution in [2.24, 2.45) is 0 Å². The molecular weight excluding hydrogens is 440 g/mol. The number of fused-ring (bicyclic) bond motifs is 1. The molecule has 0 unspecified atom stereocenters. The number of rotatable bonds is 4. The number of carbonyl (C=O) groups is 1. The fourth-order valence-corrected chi connectivity index (χ4v) is 3.22. The van der Waals surface area contributed by atoms with Gasteiger partial charge in [-0.3, -0.25) is 9.48 Å². The molecular formula is C19H13ClF4N6O. The molecule has 1 amide bonds. The van der Waals surface area contributed by atoms with Gasteiger partial charge in [-0.05, 0) is 30.7 Å². The fourth-order valence-electron chi connectivity index (χ4n) is 2.97. The van der Waals surface area contributed by atoms with Crippen molar-refractivity contribution in [3.05, 3.63) is 76.1 Å². The summed E-state index contributed by atoms with van der Waals surface area (Å²) in [7, 11) is 0. The van der Waals surface area contributed by atoms with E-state index in [1.807, 2.05) is 0 Å². The normalized spacial score (nSPS) is 11.8. The van der Waals surface area contributed by atoms with Crippen LogP contribution in [-0.4, -0.2) is 30.3 Å². The summed E-state index contributed by atoms with van der Waals surface area (Å²) in [4.78, 5) is 16.5. The van der Waals surface area contributed by atoms with Gasteiger partial charge in [-0.2, -0.15) is 23.4 Å². The van der Waals surface area contributed by atoms with Crippen molar-refractivity contribution in [1.29, 1.82) is 0 Å². The highest BCUT2D eigenvalue weighted by Crippen LogP contribution is 2.32. The lowest BCUT2D eigenvalue weighted by Crippen LogP contribution is -2.16. The minimum atomic E-state index is -4.72. The van der Waals surface area contributed by atoms with Crippen molar-refractivity contribution in [2.75, 3.05) is 5.32 Å². The van der Waals surface area contributed by atoms with E-state index in [1.54, 1.807) is 18.3 Å². The zero-order valence-electron chi connectivity index (χ0n) is 15.8. The highest BCUT2D eigenvalue weighted by Gasteiger charge is 2.36. The Morgan fingerprint density at radius 3 is 2.68 bits per heavy atom. The molecule has 0 aliphatic rings. The molecule has 3 heterocycles. The molecule has 160 valence electrons. The zero-order valence-corrected chi connectivity index (χ0v) is 16.5. The van der Waals surface area contributed by atoms with Gasteiger partial charge in [-0.25, -0.2) is 13.9 Å². The minimum absolute atomic E-state index is 0.0738. The van der Waals surface area contributed by atoms with E-state index in [2.05, 4.69) is 20.5 Å². The summed E-state index contributed by atoms with van der Waals surface area (Å²) < 4.78 is 55.2. The lowest BCUT2D eigenvalue weighted by molar-refractivity contribution is -0.142. The summed E-state index contributed by atoms with van der Waals surface area (Å²) in [6.07, 6.45) is -3.16. The summed E-state index contributed by atoms with van der Waals surface area (Å²) in [5.74, 6) is -1.12. The SMILES string of the molecule is Cc1cc(C(F)(F)F)n2nc(C(=O)Nc3ccn(Cc4cccc(F)c4)n3)c(Cl)c2n1. The monoisotopic (exact) mass is 452 g/mol. The van der Waals surface area contributed by atoms with E-state index in [0.717, 1.165) is 6.07 Å². The van der Waals surface area contributed by atoms with Crippen LogP contribution in [0.25, 0.3) is 5.65 Å². The van der Waals surface area contributed by atoms with Gasteiger partial charge < -0.3 is 5.32 Å². The third-order valence-electron chi connectivity index (χ3n) is 4.28. The van der Waals surface area contributed by atoms with Crippen molar-refractivity contribution in [1.82, 2.24) is 24.4 Å². The number of aryl methyl sites for hydroxylation is 1. The lowest BCUT2D eigenvalue weighted by atomic mass is 10.2. The van der Waals surface area contributed by atoms with Gasteiger partial charge in [0, 0.05) is 18.0 Å². The minimum Gasteiger partial charge on any atom is -0.304 e. The Bertz CT molecular complexity index is 1300. The number of carbonyl (C=O) groups excluding carboxylic acids is 1. The van der Waals surface area contributed by atoms with E-state index in [0.29, 0.717) is 10.1 Å². The van der Waals surface area contributed by atoms with Crippen molar-refractivity contribution < 1.29 is 22.4 Å². The first-order valence-electron chi connectivity index (χ1n) is 8.84. The van der Waals surface area contributed by atoms with E-state index in [4.69, 9.17) is 11.6 Å². The number of aromatic nitrogens is 5. The van der Waals surface area contributed by atoms with E-state index in [1.165, 1.54) is 29.8 Å². The number of hydrogen-bond acceptors (Lipinski definition) is 4. The molecule has 0 atom stereocenters. The van der Waals surface area contributed by atoms with Crippen LogP contribution in [0.15, 0.2) is 42.6 Å². The van der Waals surface area contributed by atoms with Gasteiger partial charge in [0.15, 0.2) is 17.2 Å². The van der Waals surface area contributed by atoms with Crippen LogP contribution in [0.1, 0.15) is 27.4 Å². The van der Waals surface area contributed by atoms with Crippen molar-refractivity contribution >= 4 is 29.0 Å². The number of nitrogens with zero attached hydrogens (tertiary/aromatic N) is 5. The smallest absolute Gasteiger partial charge is 0.304 e. The second-order valence-electron chi connectivity index (χ2n) is 6.66. The summed E-state index contributed by atoms with van der Waals surface area (Å²) in [6, 6.07) is 8.23. The average Bonchev–Trinajstić information content (AvgIpc) is 3.25. The molecule has 4 aromatic rings. The Morgan fingerprint density at radius 1 is 1.19 bits per heavy atom. The van der Waals surface area contributed by atoms with Gasteiger partial charge in [0.05, 0.1) is 6.54 Å². The number of hydrogen-bond donors (Lipinski definition) is 1. The fraction of sp³-hybridized carbons (Fsp3) is 0.158. The highest BCUT2D eigenvalue weighted by molar-refractivity contribution is 6.37. The van der Waals surface area contributed by atoms with Gasteiger partial charge in [0.25, 0.3) is 5.91 Å². The standard InChI is InChI=1S/C19H13ClF4N6O/c1-10-7-13(19(22,23)24)30-17(25-10)15(20)16(28-30)18(31)26-14-5-6-29(27-14)9-11-3-2-4-12(21)8-11/h2-8H,9H2,1H3,(H,26,27,31). The molecule has 0 fully saturated rings. The van der Waals surface area contributed by atoms with Crippen LogP contribution in [0.4, 0.5) is 23.4 Å². The van der Waals surface area contributed by atoms with E-state index < -0.39 is 23.5 Å². The maximum atomic E-state index is 13.3. The predicted octanol–water partition coefficient (Wildman–Crippen LogP) is 4.35. The Morgan fingerprint density at radius 2 is 1.97 bits per heavy atom. The largest absolute Gasteiger partial charge is 0.433 e. The molecule has 0 aliphatic heterocycles. The summed E-state index contributed by atoms with van der Waals surface area (Å²) in [5.41, 5.74) is -1.08. The van der Waals surface area contributed by atoms with Gasteiger partial charge >= 0.3 is 6.18 Å². The summed E-state index contributed by atoms with van der Waals surface area (Å²) in [5, 5.41) is 9.98. The number of alkyl halides is 3. The second kappa shape index (κ2) is 7.65. The van der Waals surface area contributed by atoms with Gasteiger partial charge in [-0.15, -0.1) is 0 Å². The molecule has 31 heavy (non-hydrogen) atoms. The first kappa shape index (κ1) is 20.8. The molecule has 0 saturated heterocycles. The highest BCUT2D eigenvalue weighted by atomic mass is 35.5. The molecule has 0 spiro atoms. The topological polar surface area (TPSA) is 77.1 Å². The van der Waals surface area contributed by atoms with Crippen molar-refractivity contribution in [3.63, 3.8) is 0 Å². The van der Waals surface area contributed by atoms with E-state index in [9.17, 15) is 22.4 Å². The van der Waals surface area contributed by atoms with Gasteiger partial charge in [0.1, 0.15) is 16.5 Å². The number of benzene rings is 1. The van der Waals surface area contributed by atoms with Gasteiger partial charge in [-0.1, -0.05) is 23.7 Å². The molecule has 3 aromatic heterocycles. The molecule has 0 saturated carbocycles. The molecule has 12 heteroatoms. The molecule has 1 aromatic carbocycles. The van der Waals surface area contributed by atoms with Crippen LogP contribution in [0.2, 0.25) is 5.02 Å². The Kier molecular flexibility index (Phi) is 5.13. The van der Waals surface area contributed by atoms with Crippen molar-refractivity contribution in [3.8, 4) is 0 Å². The number of amides is 1. The average molecular weight is 453 g/mol. The first-order valence-corrected chi connectivity index (χ1v) is 9.22. The maximum Gasteiger partial charge on any atom is 0.433 e. The lowest BCUT2D eigenvalue weighted by Gasteiger charge is -2.09. The first-order chi connectivity index (χ1) is 14.6. The van der Waals surface area contributed by atoms with Crippen molar-refractivity contribution in [2.45, 2.75) is 19.6 Å². The summed E-state index contributed by atoms with van der Waals surface area (Å²) in [6.45, 7) is 1.63. The molecule has 4 rings (SSSR count). The maximum absolute atomic E-state index is 13.3. The molecule has 0 bridgehead atoms. The molecule has 0 radical (unpaired) electrons. The Labute approximate surface area is 177 Å². The van der Waals surface area contributed by atoms with Crippen LogP contribution in [0.3, 0.4) is 0 Å². The molecule has 7 nitrogen and oxygen atoms in total. The number of halogens is 5. The third kappa shape index (κ3) is 4.22. The second-order valence-corrected chi connectivity index (χ2v) is 7.04. The predicted molar refractivity (Wildman–Crippen MR) is 103 cm³/mol. The third-order valence-corrected chi connectivity index (χ3v) is 4.63. The zero-order chi connectivity index (χ0) is 22.3. The van der Waals surface area contributed by atoms with E-state index in [-0.39, 0.29) is 34.5 Å². The van der Waals surface area contributed by atoms with Crippen LogP contribution >= 0.6 is 11.6 Å². The Balaban J connectivity index is 1.59. The van der Waals surface area contributed by atoms with Gasteiger partial charge in [0.2, 0.25) is 0 Å². The molecule has 1 N–H and O–H groups in total. The van der Waals surface area contributed by atoms with Crippen LogP contribution in [0.5, 0.6) is 0 Å². The van der Waals surface area contributed by atoms with Crippen LogP contribution in [0, 0.1) is 12.7 Å². The quantitative estimate of drug-likeness (QED) is 0.467.